The van der Waals surface area contributed by atoms with Gasteiger partial charge in [-0.05, 0) is 20.6 Å². The molecule has 0 amide bonds. The minimum Gasteiger partial charge on any atom is -0.398 e. The van der Waals surface area contributed by atoms with Gasteiger partial charge in [-0.3, -0.25) is 0 Å². The fourth-order valence-electron chi connectivity index (χ4n) is 1.58. The van der Waals surface area contributed by atoms with Crippen molar-refractivity contribution in [2.24, 2.45) is 5.90 Å². The van der Waals surface area contributed by atoms with Crippen LogP contribution in [0, 0.1) is 0 Å². The molecule has 0 fully saturated rings. The van der Waals surface area contributed by atoms with Crippen molar-refractivity contribution >= 4 is 27.0 Å². The van der Waals surface area contributed by atoms with Gasteiger partial charge < -0.3 is 5.73 Å². The smallest absolute Gasteiger partial charge is 0.398 e. The second kappa shape index (κ2) is 3.84. The van der Waals surface area contributed by atoms with Gasteiger partial charge in [0.05, 0.1) is 4.55 Å². The maximum Gasteiger partial charge on any atom is 0.448 e. The molecule has 0 aliphatic carbocycles. The van der Waals surface area contributed by atoms with Gasteiger partial charge >= 0.3 is 10.5 Å². The fourth-order valence-corrected chi connectivity index (χ4v) is 2.37. The summed E-state index contributed by atoms with van der Waals surface area (Å²) in [5.41, 5.74) is 6.25. The van der Waals surface area contributed by atoms with Crippen molar-refractivity contribution in [1.82, 2.24) is 0 Å². The highest BCUT2D eigenvalue weighted by molar-refractivity contribution is 7.93. The molecule has 2 aromatic rings. The number of hydrogen-bond donors (Lipinski definition) is 2. The van der Waals surface area contributed by atoms with Gasteiger partial charge in [0.25, 0.3) is 0 Å². The van der Waals surface area contributed by atoms with Crippen molar-refractivity contribution in [1.29, 1.82) is 0 Å². The van der Waals surface area contributed by atoms with Crippen LogP contribution in [-0.2, 0) is 23.5 Å². The highest BCUT2D eigenvalue weighted by atomic mass is 32.3. The minimum absolute atomic E-state index is 0.0137. The molecule has 2 rings (SSSR count). The van der Waals surface area contributed by atoms with Crippen LogP contribution in [0.15, 0.2) is 41.3 Å². The zero-order valence-electron chi connectivity index (χ0n) is 8.25. The SMILES string of the molecule is NO[S+]([O])(=O)c1cccc2c(N)cccc12. The van der Waals surface area contributed by atoms with Crippen LogP contribution in [0.2, 0.25) is 0 Å². The normalized spacial score (nSPS) is 14.9. The van der Waals surface area contributed by atoms with Crippen molar-refractivity contribution in [3.8, 4) is 0 Å². The van der Waals surface area contributed by atoms with E-state index in [0.29, 0.717) is 16.5 Å². The third-order valence-corrected chi connectivity index (χ3v) is 3.46. The number of anilines is 1. The molecule has 0 saturated carbocycles. The number of hydrogen-bond acceptors (Lipinski definition) is 4. The monoisotopic (exact) mass is 238 g/mol. The predicted octanol–water partition coefficient (Wildman–Crippen LogP) is 1.43. The Balaban J connectivity index is 2.82. The van der Waals surface area contributed by atoms with Crippen molar-refractivity contribution in [2.75, 3.05) is 5.73 Å². The first-order valence-corrected chi connectivity index (χ1v) is 5.87. The number of benzene rings is 2. The fraction of sp³-hybridized carbons (Fsp3) is 0. The predicted molar refractivity (Wildman–Crippen MR) is 60.6 cm³/mol. The van der Waals surface area contributed by atoms with Gasteiger partial charge in [0.2, 0.25) is 4.90 Å². The molecule has 0 aliphatic heterocycles. The average Bonchev–Trinajstić information content (AvgIpc) is 2.29. The molecule has 0 aromatic heterocycles. The Labute approximate surface area is 93.4 Å². The molecule has 0 aliphatic rings. The zero-order valence-corrected chi connectivity index (χ0v) is 9.07. The summed E-state index contributed by atoms with van der Waals surface area (Å²) in [5.74, 6) is 4.75. The number of fused-ring (bicyclic) bond motifs is 1. The largest absolute Gasteiger partial charge is 0.448 e. The van der Waals surface area contributed by atoms with E-state index < -0.39 is 10.5 Å². The van der Waals surface area contributed by atoms with Crippen molar-refractivity contribution in [3.63, 3.8) is 0 Å². The summed E-state index contributed by atoms with van der Waals surface area (Å²) in [6, 6.07) is 9.77. The van der Waals surface area contributed by atoms with Gasteiger partial charge in [-0.25, -0.2) is 0 Å². The lowest BCUT2D eigenvalue weighted by molar-refractivity contribution is 0.262. The van der Waals surface area contributed by atoms with Crippen LogP contribution in [-0.4, -0.2) is 0 Å². The van der Waals surface area contributed by atoms with E-state index in [0.717, 1.165) is 0 Å². The molecule has 0 spiro atoms. The molecular weight excluding hydrogens is 228 g/mol. The van der Waals surface area contributed by atoms with Gasteiger partial charge in [0.1, 0.15) is 0 Å². The Bertz CT molecular complexity index is 585. The Hall–Kier alpha value is -1.47. The summed E-state index contributed by atoms with van der Waals surface area (Å²) in [7, 11) is -3.92. The molecule has 0 saturated heterocycles. The zero-order chi connectivity index (χ0) is 11.8. The van der Waals surface area contributed by atoms with E-state index in [2.05, 4.69) is 4.28 Å². The van der Waals surface area contributed by atoms with Crippen molar-refractivity contribution < 1.29 is 13.0 Å². The molecule has 1 atom stereocenters. The summed E-state index contributed by atoms with van der Waals surface area (Å²) < 4.78 is 27.1. The van der Waals surface area contributed by atoms with E-state index in [1.54, 1.807) is 30.3 Å². The lowest BCUT2D eigenvalue weighted by Gasteiger charge is -2.03. The topological polar surface area (TPSA) is 98.2 Å². The van der Waals surface area contributed by atoms with E-state index in [9.17, 15) is 8.76 Å². The summed E-state index contributed by atoms with van der Waals surface area (Å²) in [6.07, 6.45) is 0. The van der Waals surface area contributed by atoms with Gasteiger partial charge in [0.15, 0.2) is 0 Å². The highest BCUT2D eigenvalue weighted by Gasteiger charge is 2.36. The first kappa shape index (κ1) is 11.0. The van der Waals surface area contributed by atoms with Crippen LogP contribution >= 0.6 is 0 Å². The molecule has 0 heterocycles. The average molecular weight is 238 g/mol. The molecular formula is C10H10N2O3S+. The Morgan fingerprint density at radius 1 is 1.06 bits per heavy atom. The van der Waals surface area contributed by atoms with Crippen LogP contribution in [0.5, 0.6) is 0 Å². The maximum absolute atomic E-state index is 11.5. The lowest BCUT2D eigenvalue weighted by Crippen LogP contribution is -2.17. The van der Waals surface area contributed by atoms with E-state index in [1.807, 2.05) is 0 Å². The van der Waals surface area contributed by atoms with Crippen LogP contribution in [0.3, 0.4) is 0 Å². The second-order valence-corrected chi connectivity index (χ2v) is 4.79. The number of rotatable bonds is 2. The van der Waals surface area contributed by atoms with Crippen LogP contribution in [0.1, 0.15) is 0 Å². The standard InChI is InChI=1S/C10H10N2O3S/c11-9-5-1-4-8-7(9)3-2-6-10(8)16(13,14)15-12/h1-6H,11-12H2/q+1. The summed E-state index contributed by atoms with van der Waals surface area (Å²) in [6.45, 7) is 0. The van der Waals surface area contributed by atoms with Crippen LogP contribution < -0.4 is 11.6 Å². The third kappa shape index (κ3) is 1.68. The molecule has 6 heteroatoms. The Morgan fingerprint density at radius 3 is 2.38 bits per heavy atom. The van der Waals surface area contributed by atoms with Gasteiger partial charge in [0, 0.05) is 22.5 Å². The van der Waals surface area contributed by atoms with Crippen LogP contribution in [0.25, 0.3) is 10.8 Å². The number of nitrogens with two attached hydrogens (primary N) is 2. The van der Waals surface area contributed by atoms with Gasteiger partial charge in [-0.1, -0.05) is 18.2 Å². The van der Waals surface area contributed by atoms with Crippen LogP contribution in [0.4, 0.5) is 5.69 Å². The second-order valence-electron chi connectivity index (χ2n) is 3.25. The van der Waals surface area contributed by atoms with E-state index in [4.69, 9.17) is 11.6 Å². The van der Waals surface area contributed by atoms with Crippen molar-refractivity contribution in [3.05, 3.63) is 36.4 Å². The summed E-state index contributed by atoms with van der Waals surface area (Å²) in [4.78, 5) is 0.0137. The quantitative estimate of drug-likeness (QED) is 0.469. The molecule has 1 radical (unpaired) electrons. The molecule has 5 nitrogen and oxygen atoms in total. The van der Waals surface area contributed by atoms with E-state index >= 15 is 0 Å². The molecule has 2 aromatic carbocycles. The highest BCUT2D eigenvalue weighted by Crippen LogP contribution is 2.29. The molecule has 0 bridgehead atoms. The molecule has 16 heavy (non-hydrogen) atoms. The Morgan fingerprint density at radius 2 is 1.69 bits per heavy atom. The maximum atomic E-state index is 11.5. The van der Waals surface area contributed by atoms with Gasteiger partial charge in [-0.2, -0.15) is 5.90 Å². The molecule has 1 unspecified atom stereocenters. The lowest BCUT2D eigenvalue weighted by atomic mass is 10.1. The summed E-state index contributed by atoms with van der Waals surface area (Å²) >= 11 is 0. The minimum atomic E-state index is -3.92. The first-order chi connectivity index (χ1) is 7.56. The third-order valence-electron chi connectivity index (χ3n) is 2.31. The number of nitrogen functional groups attached to an aromatic ring is 1. The molecule has 4 N–H and O–H groups in total. The summed E-state index contributed by atoms with van der Waals surface area (Å²) in [5, 5.41) is 1.15. The van der Waals surface area contributed by atoms with Gasteiger partial charge in [-0.15, -0.1) is 0 Å². The Kier molecular flexibility index (Phi) is 2.64. The van der Waals surface area contributed by atoms with Crippen molar-refractivity contribution in [2.45, 2.75) is 4.90 Å². The molecule has 83 valence electrons. The van der Waals surface area contributed by atoms with E-state index in [-0.39, 0.29) is 4.90 Å². The first-order valence-electron chi connectivity index (χ1n) is 4.47. The van der Waals surface area contributed by atoms with E-state index in [1.165, 1.54) is 6.07 Å².